The van der Waals surface area contributed by atoms with Gasteiger partial charge >= 0.3 is 0 Å². The van der Waals surface area contributed by atoms with Crippen molar-refractivity contribution in [1.29, 1.82) is 0 Å². The third-order valence-electron chi connectivity index (χ3n) is 2.51. The molecule has 12 heavy (non-hydrogen) atoms. The molecule has 0 radical (unpaired) electrons. The van der Waals surface area contributed by atoms with Gasteiger partial charge in [0.1, 0.15) is 6.17 Å². The van der Waals surface area contributed by atoms with Crippen LogP contribution in [0.15, 0.2) is 18.5 Å². The number of hydrogen-bond acceptors (Lipinski definition) is 1. The molecule has 1 aromatic rings. The van der Waals surface area contributed by atoms with E-state index in [0.29, 0.717) is 6.42 Å². The predicted octanol–water partition coefficient (Wildman–Crippen LogP) is 2.34. The molecule has 0 amide bonds. The number of alkyl halides is 1. The molecule has 0 spiro atoms. The van der Waals surface area contributed by atoms with Crippen LogP contribution < -0.4 is 0 Å². The monoisotopic (exact) mass is 168 g/mol. The van der Waals surface area contributed by atoms with E-state index in [1.165, 1.54) is 0 Å². The number of halogens is 1. The molecule has 1 aromatic heterocycles. The molecule has 66 valence electrons. The number of hydrogen-bond donors (Lipinski definition) is 0. The summed E-state index contributed by atoms with van der Waals surface area (Å²) in [5, 5.41) is 4.07. The van der Waals surface area contributed by atoms with Gasteiger partial charge in [-0.2, -0.15) is 5.10 Å². The summed E-state index contributed by atoms with van der Waals surface area (Å²) in [5.74, 6) is 0. The van der Waals surface area contributed by atoms with Crippen LogP contribution in [0, 0.1) is 0 Å². The molecule has 1 aliphatic rings. The zero-order chi connectivity index (χ0) is 8.39. The second-order valence-corrected chi connectivity index (χ2v) is 3.35. The maximum absolute atomic E-state index is 13.4. The van der Waals surface area contributed by atoms with Crippen LogP contribution in [0.5, 0.6) is 0 Å². The van der Waals surface area contributed by atoms with Crippen molar-refractivity contribution in [2.75, 3.05) is 0 Å². The first-order valence-corrected chi connectivity index (χ1v) is 4.51. The lowest BCUT2D eigenvalue weighted by atomic mass is 9.94. The normalized spacial score (nSPS) is 30.4. The van der Waals surface area contributed by atoms with Gasteiger partial charge in [-0.05, 0) is 18.9 Å². The van der Waals surface area contributed by atoms with Crippen molar-refractivity contribution in [2.45, 2.75) is 37.9 Å². The fourth-order valence-electron chi connectivity index (χ4n) is 1.84. The Hall–Kier alpha value is -0.860. The lowest BCUT2D eigenvalue weighted by Gasteiger charge is -2.25. The smallest absolute Gasteiger partial charge is 0.122 e. The lowest BCUT2D eigenvalue weighted by Crippen LogP contribution is -2.24. The van der Waals surface area contributed by atoms with Crippen LogP contribution >= 0.6 is 0 Å². The van der Waals surface area contributed by atoms with Crippen LogP contribution in [0.1, 0.15) is 31.7 Å². The van der Waals surface area contributed by atoms with Crippen molar-refractivity contribution in [3.8, 4) is 0 Å². The Bertz CT molecular complexity index is 233. The van der Waals surface area contributed by atoms with E-state index < -0.39 is 6.17 Å². The van der Waals surface area contributed by atoms with Gasteiger partial charge in [0, 0.05) is 12.4 Å². The average Bonchev–Trinajstić information content (AvgIpc) is 2.57. The van der Waals surface area contributed by atoms with Crippen LogP contribution in [0.2, 0.25) is 0 Å². The van der Waals surface area contributed by atoms with Gasteiger partial charge in [-0.1, -0.05) is 12.8 Å². The maximum Gasteiger partial charge on any atom is 0.122 e. The summed E-state index contributed by atoms with van der Waals surface area (Å²) in [6, 6.07) is 1.84. The van der Waals surface area contributed by atoms with E-state index in [-0.39, 0.29) is 6.04 Å². The molecule has 1 heterocycles. The van der Waals surface area contributed by atoms with Crippen molar-refractivity contribution in [1.82, 2.24) is 9.78 Å². The van der Waals surface area contributed by atoms with Crippen molar-refractivity contribution in [3.63, 3.8) is 0 Å². The zero-order valence-electron chi connectivity index (χ0n) is 6.99. The summed E-state index contributed by atoms with van der Waals surface area (Å²) in [4.78, 5) is 0. The standard InChI is InChI=1S/C9H13FN2/c10-8-4-1-2-5-9(8)12-7-3-6-11-12/h3,6-9H,1-2,4-5H2. The highest BCUT2D eigenvalue weighted by Crippen LogP contribution is 2.29. The second kappa shape index (κ2) is 3.25. The molecule has 0 saturated heterocycles. The molecule has 0 bridgehead atoms. The van der Waals surface area contributed by atoms with Gasteiger partial charge in [-0.15, -0.1) is 0 Å². The van der Waals surface area contributed by atoms with E-state index in [2.05, 4.69) is 5.10 Å². The minimum atomic E-state index is -0.696. The van der Waals surface area contributed by atoms with Gasteiger partial charge in [-0.25, -0.2) is 4.39 Å². The minimum absolute atomic E-state index is 0.00579. The molecular weight excluding hydrogens is 155 g/mol. The van der Waals surface area contributed by atoms with E-state index in [1.54, 1.807) is 10.9 Å². The third-order valence-corrected chi connectivity index (χ3v) is 2.51. The summed E-state index contributed by atoms with van der Waals surface area (Å²) >= 11 is 0. The first-order valence-electron chi connectivity index (χ1n) is 4.51. The Morgan fingerprint density at radius 2 is 2.17 bits per heavy atom. The SMILES string of the molecule is FC1CCCCC1n1cccn1. The fraction of sp³-hybridized carbons (Fsp3) is 0.667. The van der Waals surface area contributed by atoms with E-state index in [4.69, 9.17) is 0 Å². The molecule has 1 saturated carbocycles. The summed E-state index contributed by atoms with van der Waals surface area (Å²) in [7, 11) is 0. The predicted molar refractivity (Wildman–Crippen MR) is 44.6 cm³/mol. The van der Waals surface area contributed by atoms with Crippen LogP contribution in [-0.2, 0) is 0 Å². The number of rotatable bonds is 1. The van der Waals surface area contributed by atoms with Crippen LogP contribution in [0.3, 0.4) is 0 Å². The first kappa shape index (κ1) is 7.77. The Balaban J connectivity index is 2.11. The zero-order valence-corrected chi connectivity index (χ0v) is 6.99. The molecule has 1 fully saturated rings. The van der Waals surface area contributed by atoms with E-state index in [0.717, 1.165) is 19.3 Å². The van der Waals surface area contributed by atoms with Gasteiger partial charge < -0.3 is 0 Å². The van der Waals surface area contributed by atoms with Crippen molar-refractivity contribution in [3.05, 3.63) is 18.5 Å². The summed E-state index contributed by atoms with van der Waals surface area (Å²) < 4.78 is 15.1. The van der Waals surface area contributed by atoms with Crippen LogP contribution in [0.4, 0.5) is 4.39 Å². The average molecular weight is 168 g/mol. The molecule has 2 atom stereocenters. The van der Waals surface area contributed by atoms with Crippen LogP contribution in [-0.4, -0.2) is 16.0 Å². The van der Waals surface area contributed by atoms with Crippen LogP contribution in [0.25, 0.3) is 0 Å². The Morgan fingerprint density at radius 3 is 2.83 bits per heavy atom. The van der Waals surface area contributed by atoms with E-state index in [1.807, 2.05) is 12.3 Å². The topological polar surface area (TPSA) is 17.8 Å². The molecule has 2 rings (SSSR count). The molecule has 0 N–H and O–H groups in total. The second-order valence-electron chi connectivity index (χ2n) is 3.35. The highest BCUT2D eigenvalue weighted by atomic mass is 19.1. The van der Waals surface area contributed by atoms with Gasteiger partial charge in [0.15, 0.2) is 0 Å². The van der Waals surface area contributed by atoms with Crippen molar-refractivity contribution >= 4 is 0 Å². The molecule has 0 aliphatic heterocycles. The maximum atomic E-state index is 13.4. The van der Waals surface area contributed by atoms with Gasteiger partial charge in [0.25, 0.3) is 0 Å². The third kappa shape index (κ3) is 1.36. The van der Waals surface area contributed by atoms with Crippen molar-refractivity contribution in [2.24, 2.45) is 0 Å². The lowest BCUT2D eigenvalue weighted by molar-refractivity contribution is 0.160. The molecule has 2 nitrogen and oxygen atoms in total. The Morgan fingerprint density at radius 1 is 1.33 bits per heavy atom. The summed E-state index contributed by atoms with van der Waals surface area (Å²) in [5.41, 5.74) is 0. The molecule has 3 heteroatoms. The molecule has 0 aromatic carbocycles. The van der Waals surface area contributed by atoms with Gasteiger partial charge in [0.2, 0.25) is 0 Å². The van der Waals surface area contributed by atoms with Gasteiger partial charge in [0.05, 0.1) is 6.04 Å². The minimum Gasteiger partial charge on any atom is -0.267 e. The molecular formula is C9H13FN2. The largest absolute Gasteiger partial charge is 0.267 e. The van der Waals surface area contributed by atoms with Crippen molar-refractivity contribution < 1.29 is 4.39 Å². The quantitative estimate of drug-likeness (QED) is 0.629. The highest BCUT2D eigenvalue weighted by molar-refractivity contribution is 4.86. The van der Waals surface area contributed by atoms with E-state index >= 15 is 0 Å². The summed E-state index contributed by atoms with van der Waals surface area (Å²) in [6.45, 7) is 0. The number of nitrogens with zero attached hydrogens (tertiary/aromatic N) is 2. The van der Waals surface area contributed by atoms with Gasteiger partial charge in [-0.3, -0.25) is 4.68 Å². The van der Waals surface area contributed by atoms with E-state index in [9.17, 15) is 4.39 Å². The number of aromatic nitrogens is 2. The first-order chi connectivity index (χ1) is 5.88. The Kier molecular flexibility index (Phi) is 2.11. The summed E-state index contributed by atoms with van der Waals surface area (Å²) in [6.07, 6.45) is 6.65. The fourth-order valence-corrected chi connectivity index (χ4v) is 1.84. The highest BCUT2D eigenvalue weighted by Gasteiger charge is 2.25. The molecule has 2 unspecified atom stereocenters. The molecule has 1 aliphatic carbocycles. The Labute approximate surface area is 71.4 Å².